The number of anilines is 1. The lowest BCUT2D eigenvalue weighted by atomic mass is 10.2. The van der Waals surface area contributed by atoms with Crippen molar-refractivity contribution in [3.05, 3.63) is 49.3 Å². The number of ether oxygens (including phenoxy) is 1. The molecule has 0 bridgehead atoms. The number of amides is 1. The number of hydrogen-bond donors (Lipinski definition) is 1. The van der Waals surface area contributed by atoms with E-state index in [1.165, 1.54) is 6.08 Å². The van der Waals surface area contributed by atoms with E-state index in [0.717, 1.165) is 54.8 Å². The van der Waals surface area contributed by atoms with Crippen molar-refractivity contribution in [3.8, 4) is 5.88 Å². The maximum Gasteiger partial charge on any atom is 0.256 e. The largest absolute Gasteiger partial charge is 0.478 e. The Morgan fingerprint density at radius 3 is 2.78 bits per heavy atom. The second-order valence-corrected chi connectivity index (χ2v) is 8.66. The van der Waals surface area contributed by atoms with Crippen molar-refractivity contribution in [2.75, 3.05) is 32.1 Å². The highest BCUT2D eigenvalue weighted by atomic mass is 16.5. The first-order valence-electron chi connectivity index (χ1n) is 11.0. The van der Waals surface area contributed by atoms with Crippen LogP contribution in [0.15, 0.2) is 37.8 Å². The Kier molecular flexibility index (Phi) is 4.83. The molecule has 1 saturated carbocycles. The first-order valence-corrected chi connectivity index (χ1v) is 11.0. The lowest BCUT2D eigenvalue weighted by Crippen LogP contribution is -2.33. The normalized spacial score (nSPS) is 23.5. The molecule has 1 saturated heterocycles. The van der Waals surface area contributed by atoms with Gasteiger partial charge < -0.3 is 19.9 Å². The van der Waals surface area contributed by atoms with Crippen LogP contribution in [0.3, 0.4) is 0 Å². The summed E-state index contributed by atoms with van der Waals surface area (Å²) in [6, 6.07) is 0. The van der Waals surface area contributed by atoms with E-state index in [0.29, 0.717) is 23.6 Å². The lowest BCUT2D eigenvalue weighted by molar-refractivity contribution is -0.125. The minimum atomic E-state index is 0.0331. The molecule has 1 aliphatic carbocycles. The van der Waals surface area contributed by atoms with Gasteiger partial charge in [-0.1, -0.05) is 20.1 Å². The van der Waals surface area contributed by atoms with Crippen LogP contribution in [-0.4, -0.2) is 61.8 Å². The molecule has 0 radical (unpaired) electrons. The quantitative estimate of drug-likeness (QED) is 0.672. The van der Waals surface area contributed by atoms with Gasteiger partial charge in [0.15, 0.2) is 5.82 Å². The summed E-state index contributed by atoms with van der Waals surface area (Å²) in [5, 5.41) is 7.80. The van der Waals surface area contributed by atoms with Crippen molar-refractivity contribution in [2.45, 2.75) is 13.3 Å². The first kappa shape index (κ1) is 20.4. The van der Waals surface area contributed by atoms with E-state index in [-0.39, 0.29) is 5.91 Å². The molecule has 9 heteroatoms. The zero-order chi connectivity index (χ0) is 22.6. The number of aromatic nitrogens is 4. The van der Waals surface area contributed by atoms with E-state index in [9.17, 15) is 4.79 Å². The van der Waals surface area contributed by atoms with Gasteiger partial charge in [-0.05, 0) is 30.3 Å². The summed E-state index contributed by atoms with van der Waals surface area (Å²) < 4.78 is 9.25. The zero-order valence-electron chi connectivity index (χ0n) is 18.8. The molecule has 2 aromatic heterocycles. The van der Waals surface area contributed by atoms with Gasteiger partial charge in [0.1, 0.15) is 11.5 Å². The predicted octanol–water partition coefficient (Wildman–Crippen LogP) is 2.23. The van der Waals surface area contributed by atoms with Crippen LogP contribution in [0, 0.1) is 17.8 Å². The maximum atomic E-state index is 11.9. The number of rotatable bonds is 7. The van der Waals surface area contributed by atoms with Gasteiger partial charge in [0.05, 0.1) is 19.0 Å². The summed E-state index contributed by atoms with van der Waals surface area (Å²) in [5.74, 6) is 3.93. The van der Waals surface area contributed by atoms with Crippen LogP contribution in [0.4, 0.5) is 5.69 Å². The van der Waals surface area contributed by atoms with E-state index in [1.54, 1.807) is 11.8 Å². The Morgan fingerprint density at radius 1 is 1.38 bits per heavy atom. The van der Waals surface area contributed by atoms with Crippen LogP contribution < -0.4 is 10.1 Å². The van der Waals surface area contributed by atoms with Crippen LogP contribution in [0.1, 0.15) is 18.4 Å². The van der Waals surface area contributed by atoms with E-state index < -0.39 is 0 Å². The van der Waals surface area contributed by atoms with Crippen molar-refractivity contribution < 1.29 is 9.53 Å². The summed E-state index contributed by atoms with van der Waals surface area (Å²) in [7, 11) is 3.47. The van der Waals surface area contributed by atoms with Gasteiger partial charge in [-0.3, -0.25) is 14.0 Å². The number of hydrogen-bond acceptors (Lipinski definition) is 6. The summed E-state index contributed by atoms with van der Waals surface area (Å²) in [6.45, 7) is 12.6. The Labute approximate surface area is 187 Å². The van der Waals surface area contributed by atoms with Crippen LogP contribution in [0.5, 0.6) is 5.88 Å². The number of nitrogens with one attached hydrogen (secondary N) is 1. The number of likely N-dealkylation sites (tertiary alicyclic amines) is 1. The molecule has 0 aromatic carbocycles. The Morgan fingerprint density at radius 2 is 2.12 bits per heavy atom. The second-order valence-electron chi connectivity index (χ2n) is 8.66. The lowest BCUT2D eigenvalue weighted by Gasteiger charge is -2.32. The zero-order valence-corrected chi connectivity index (χ0v) is 18.8. The highest BCUT2D eigenvalue weighted by Gasteiger charge is 2.56. The van der Waals surface area contributed by atoms with Gasteiger partial charge >= 0.3 is 0 Å². The van der Waals surface area contributed by atoms with Crippen LogP contribution in [0.25, 0.3) is 11.5 Å². The van der Waals surface area contributed by atoms with Gasteiger partial charge in [-0.15, -0.1) is 5.10 Å². The molecule has 168 valence electrons. The molecule has 2 atom stereocenters. The second kappa shape index (κ2) is 7.58. The fourth-order valence-corrected chi connectivity index (χ4v) is 5.08. The highest BCUT2D eigenvalue weighted by Crippen LogP contribution is 2.52. The maximum absolute atomic E-state index is 11.9. The van der Waals surface area contributed by atoms with Crippen molar-refractivity contribution in [1.29, 1.82) is 0 Å². The molecule has 1 N–H and O–H groups in total. The van der Waals surface area contributed by atoms with Crippen LogP contribution >= 0.6 is 0 Å². The van der Waals surface area contributed by atoms with Gasteiger partial charge in [-0.25, -0.2) is 4.98 Å². The number of methoxy groups -OCH3 is 1. The number of carbonyl (C=O) groups excluding carboxylic acids is 1. The van der Waals surface area contributed by atoms with Crippen molar-refractivity contribution in [2.24, 2.45) is 24.8 Å². The number of fused-ring (bicyclic) bond motifs is 2. The summed E-state index contributed by atoms with van der Waals surface area (Å²) in [5.41, 5.74) is 2.76. The molecule has 5 rings (SSSR count). The number of carbonyl (C=O) groups is 1. The van der Waals surface area contributed by atoms with E-state index in [1.807, 2.05) is 24.3 Å². The molecule has 2 unspecified atom stereocenters. The molecular weight excluding hydrogens is 406 g/mol. The molecule has 4 heterocycles. The third-order valence-electron chi connectivity index (χ3n) is 6.84. The minimum Gasteiger partial charge on any atom is -0.478 e. The van der Waals surface area contributed by atoms with E-state index in [4.69, 9.17) is 4.74 Å². The van der Waals surface area contributed by atoms with Crippen molar-refractivity contribution >= 4 is 23.1 Å². The number of nitrogens with zero attached hydrogens (tertiary/aromatic N) is 6. The van der Waals surface area contributed by atoms with Crippen molar-refractivity contribution in [3.63, 3.8) is 0 Å². The van der Waals surface area contributed by atoms with E-state index in [2.05, 4.69) is 51.1 Å². The van der Waals surface area contributed by atoms with Crippen LogP contribution in [0.2, 0.25) is 0 Å². The highest BCUT2D eigenvalue weighted by molar-refractivity contribution is 5.87. The molecule has 0 spiro atoms. The van der Waals surface area contributed by atoms with Gasteiger partial charge in [0.25, 0.3) is 5.88 Å². The molecule has 3 aliphatic rings. The molecule has 9 nitrogen and oxygen atoms in total. The molecule has 2 aliphatic heterocycles. The predicted molar refractivity (Wildman–Crippen MR) is 122 cm³/mol. The van der Waals surface area contributed by atoms with E-state index >= 15 is 0 Å². The van der Waals surface area contributed by atoms with Gasteiger partial charge in [0, 0.05) is 44.8 Å². The average molecular weight is 436 g/mol. The molecule has 2 fully saturated rings. The third-order valence-corrected chi connectivity index (χ3v) is 6.84. The topological polar surface area (TPSA) is 80.5 Å². The molecular formula is C23H29N7O2. The molecule has 32 heavy (non-hydrogen) atoms. The number of piperidine rings is 1. The number of imidazole rings is 1. The Bertz CT molecular complexity index is 1120. The number of aryl methyl sites for hydroxylation is 2. The first-order chi connectivity index (χ1) is 15.4. The minimum absolute atomic E-state index is 0.0331. The Balaban J connectivity index is 1.39. The monoisotopic (exact) mass is 435 g/mol. The smallest absolute Gasteiger partial charge is 0.256 e. The fourth-order valence-electron chi connectivity index (χ4n) is 5.08. The molecule has 2 aromatic rings. The molecule has 1 amide bonds. The Hall–Kier alpha value is -3.49. The third kappa shape index (κ3) is 3.19. The summed E-state index contributed by atoms with van der Waals surface area (Å²) in [6.07, 6.45) is 8.14. The average Bonchev–Trinajstić information content (AvgIpc) is 3.22. The van der Waals surface area contributed by atoms with Crippen molar-refractivity contribution in [1.82, 2.24) is 29.1 Å². The fraction of sp³-hybridized carbons (Fsp3) is 0.435. The summed E-state index contributed by atoms with van der Waals surface area (Å²) in [4.78, 5) is 20.7. The summed E-state index contributed by atoms with van der Waals surface area (Å²) >= 11 is 0. The van der Waals surface area contributed by atoms with Gasteiger partial charge in [-0.2, -0.15) is 0 Å². The van der Waals surface area contributed by atoms with Gasteiger partial charge in [0.2, 0.25) is 5.91 Å². The van der Waals surface area contributed by atoms with Crippen LogP contribution in [-0.2, 0) is 18.3 Å². The standard InChI is InChI=1S/C23H29N7O2/c1-6-15-8-24-22-19(25-20-12-27(4)26-23(20)32-5)13-28(14(3)30(15)22)9-16-17-10-29(11-18(16)17)21(31)7-2/h7-8,12-13,16-18,25H,2-3,6,9-11H2,1,4-5H3. The SMILES string of the molecule is C=CC(=O)N1CC2C(CN3C=C(Nc4cn(C)nc4OC)c4ncc(CC)n4C3=C)C2C1.